The molecule has 3 unspecified atom stereocenters. The van der Waals surface area contributed by atoms with E-state index in [1.165, 1.54) is 36.8 Å². The number of aryl methyl sites for hydroxylation is 1. The van der Waals surface area contributed by atoms with Crippen molar-refractivity contribution in [3.63, 3.8) is 0 Å². The zero-order valence-corrected chi connectivity index (χ0v) is 20.5. The highest BCUT2D eigenvalue weighted by Gasteiger charge is 2.77. The lowest BCUT2D eigenvalue weighted by Crippen LogP contribution is -2.32. The molecule has 1 aromatic heterocycles. The number of likely N-dealkylation sites (tertiary alicyclic amines) is 1. The molecule has 192 valence electrons. The summed E-state index contributed by atoms with van der Waals surface area (Å²) < 4.78 is 28.1. The highest BCUT2D eigenvalue weighted by molar-refractivity contribution is 6.04. The minimum Gasteiger partial charge on any atom is -0.488 e. The predicted molar refractivity (Wildman–Crippen MR) is 131 cm³/mol. The molecular weight excluding hydrogens is 479 g/mol. The zero-order valence-electron chi connectivity index (χ0n) is 20.5. The number of hydrogen-bond donors (Lipinski definition) is 2. The average Bonchev–Trinajstić information content (AvgIpc) is 3.71. The van der Waals surface area contributed by atoms with E-state index in [2.05, 4.69) is 10.4 Å². The molecule has 3 aliphatic rings. The van der Waals surface area contributed by atoms with Gasteiger partial charge in [0.15, 0.2) is 17.4 Å². The molecule has 3 fully saturated rings. The van der Waals surface area contributed by atoms with Crippen molar-refractivity contribution in [1.82, 2.24) is 14.7 Å². The van der Waals surface area contributed by atoms with Crippen molar-refractivity contribution in [2.45, 2.75) is 31.9 Å². The Morgan fingerprint density at radius 3 is 2.65 bits per heavy atom. The van der Waals surface area contributed by atoms with Crippen molar-refractivity contribution >= 4 is 17.6 Å². The molecule has 1 aliphatic heterocycles. The van der Waals surface area contributed by atoms with Crippen LogP contribution in [0.2, 0.25) is 0 Å². The minimum absolute atomic E-state index is 0.0906. The molecule has 1 saturated heterocycles. The molecule has 2 N–H and O–H groups in total. The maximum absolute atomic E-state index is 15.0. The van der Waals surface area contributed by atoms with E-state index in [1.807, 2.05) is 4.90 Å². The number of amides is 2. The van der Waals surface area contributed by atoms with Crippen LogP contribution in [0.4, 0.5) is 10.2 Å². The summed E-state index contributed by atoms with van der Waals surface area (Å²) >= 11 is 0. The number of rotatable bonds is 8. The van der Waals surface area contributed by atoms with Gasteiger partial charge in [-0.25, -0.2) is 4.39 Å². The van der Waals surface area contributed by atoms with Crippen LogP contribution in [0.25, 0.3) is 0 Å². The summed E-state index contributed by atoms with van der Waals surface area (Å²) in [4.78, 5) is 27.7. The van der Waals surface area contributed by atoms with Gasteiger partial charge in [-0.15, -0.1) is 0 Å². The Hall–Kier alpha value is -3.92. The van der Waals surface area contributed by atoms with E-state index in [1.54, 1.807) is 37.0 Å². The van der Waals surface area contributed by atoms with Gasteiger partial charge in [-0.3, -0.25) is 14.3 Å². The fraction of sp³-hybridized carbons (Fsp3) is 0.370. The first-order valence-electron chi connectivity index (χ1n) is 12.3. The zero-order chi connectivity index (χ0) is 25.9. The van der Waals surface area contributed by atoms with Crippen molar-refractivity contribution in [3.05, 3.63) is 65.6 Å². The number of aliphatic hydroxyl groups excluding tert-OH is 1. The maximum atomic E-state index is 15.0. The molecule has 6 rings (SSSR count). The highest BCUT2D eigenvalue weighted by atomic mass is 19.1. The monoisotopic (exact) mass is 506 g/mol. The number of piperidine rings is 2. The Kier molecular flexibility index (Phi) is 5.45. The van der Waals surface area contributed by atoms with Crippen LogP contribution >= 0.6 is 0 Å². The van der Waals surface area contributed by atoms with Crippen molar-refractivity contribution in [2.75, 3.05) is 18.5 Å². The molecule has 0 radical (unpaired) electrons. The molecule has 2 aliphatic carbocycles. The van der Waals surface area contributed by atoms with Crippen LogP contribution in [0.3, 0.4) is 0 Å². The molecule has 4 atom stereocenters. The number of nitrogens with zero attached hydrogens (tertiary/aromatic N) is 3. The van der Waals surface area contributed by atoms with Crippen molar-refractivity contribution in [1.29, 1.82) is 0 Å². The number of hydrogen-bond acceptors (Lipinski definition) is 6. The largest absolute Gasteiger partial charge is 0.488 e. The number of aromatic nitrogens is 2. The van der Waals surface area contributed by atoms with Crippen LogP contribution < -0.4 is 14.8 Å². The number of aliphatic hydroxyl groups is 1. The van der Waals surface area contributed by atoms with Gasteiger partial charge < -0.3 is 24.8 Å². The first-order chi connectivity index (χ1) is 17.8. The lowest BCUT2D eigenvalue weighted by Gasteiger charge is -2.20. The number of ether oxygens (including phenoxy) is 2. The summed E-state index contributed by atoms with van der Waals surface area (Å²) in [5.74, 6) is 0.0110. The van der Waals surface area contributed by atoms with Gasteiger partial charge in [-0.2, -0.15) is 5.10 Å². The fourth-order valence-electron chi connectivity index (χ4n) is 5.39. The van der Waals surface area contributed by atoms with Gasteiger partial charge in [-0.05, 0) is 61.4 Å². The number of halogens is 1. The van der Waals surface area contributed by atoms with Gasteiger partial charge in [0.05, 0.1) is 6.61 Å². The second-order valence-electron chi connectivity index (χ2n) is 10.2. The standard InChI is InChI=1S/C27H27FN4O5/c1-15(14-33)36-19-7-17(25(34)29-24-5-6-31(2)30-24)8-20(10-19)37-22-4-3-16(9-21(22)28)26(35)32-13-18-11-27(18)12-23(27)32/h3-10,15,18,23,33H,11-14H2,1-2H3,(H,29,30,34)/t15-,18?,23?,27?/m0/s1. The SMILES string of the molecule is C[C@@H](CO)Oc1cc(Oc2ccc(C(=O)N3CC4CC45CC35)cc2F)cc(C(=O)Nc2ccn(C)n2)c1. The Bertz CT molecular complexity index is 1410. The summed E-state index contributed by atoms with van der Waals surface area (Å²) in [5.41, 5.74) is 0.859. The lowest BCUT2D eigenvalue weighted by atomic mass is 10.1. The van der Waals surface area contributed by atoms with Crippen LogP contribution in [0.15, 0.2) is 48.7 Å². The van der Waals surface area contributed by atoms with E-state index in [-0.39, 0.29) is 40.9 Å². The van der Waals surface area contributed by atoms with E-state index in [0.29, 0.717) is 23.2 Å². The molecule has 10 heteroatoms. The van der Waals surface area contributed by atoms with Crippen molar-refractivity contribution in [2.24, 2.45) is 18.4 Å². The van der Waals surface area contributed by atoms with E-state index in [9.17, 15) is 14.7 Å². The van der Waals surface area contributed by atoms with E-state index in [4.69, 9.17) is 9.47 Å². The summed E-state index contributed by atoms with van der Waals surface area (Å²) in [6, 6.07) is 10.6. The molecule has 9 nitrogen and oxygen atoms in total. The van der Waals surface area contributed by atoms with Crippen LogP contribution in [-0.4, -0.2) is 56.9 Å². The fourth-order valence-corrected chi connectivity index (χ4v) is 5.39. The smallest absolute Gasteiger partial charge is 0.257 e. The Balaban J connectivity index is 1.22. The molecule has 3 aromatic rings. The van der Waals surface area contributed by atoms with Gasteiger partial charge in [0.1, 0.15) is 17.6 Å². The lowest BCUT2D eigenvalue weighted by molar-refractivity contribution is 0.0753. The van der Waals surface area contributed by atoms with Gasteiger partial charge in [0.25, 0.3) is 11.8 Å². The van der Waals surface area contributed by atoms with Gasteiger partial charge in [0, 0.05) is 49.1 Å². The van der Waals surface area contributed by atoms with E-state index >= 15 is 4.39 Å². The summed E-state index contributed by atoms with van der Waals surface area (Å²) in [6.07, 6.45) is 3.44. The number of benzene rings is 2. The maximum Gasteiger partial charge on any atom is 0.257 e. The van der Waals surface area contributed by atoms with Gasteiger partial charge >= 0.3 is 0 Å². The third kappa shape index (κ3) is 4.31. The summed E-state index contributed by atoms with van der Waals surface area (Å²) in [5, 5.41) is 16.2. The molecule has 2 amide bonds. The van der Waals surface area contributed by atoms with Crippen LogP contribution in [0, 0.1) is 17.2 Å². The third-order valence-electron chi connectivity index (χ3n) is 7.51. The molecular formula is C27H27FN4O5. The quantitative estimate of drug-likeness (QED) is 0.484. The Morgan fingerprint density at radius 2 is 2.00 bits per heavy atom. The van der Waals surface area contributed by atoms with Crippen LogP contribution in [0.1, 0.15) is 40.5 Å². The number of anilines is 1. The van der Waals surface area contributed by atoms with E-state index in [0.717, 1.165) is 13.0 Å². The topological polar surface area (TPSA) is 106 Å². The molecule has 2 saturated carbocycles. The number of carbonyl (C=O) groups is 2. The normalized spacial score (nSPS) is 23.6. The van der Waals surface area contributed by atoms with Gasteiger partial charge in [0.2, 0.25) is 0 Å². The van der Waals surface area contributed by atoms with Crippen molar-refractivity contribution < 1.29 is 28.6 Å². The molecule has 2 aromatic carbocycles. The number of carbonyl (C=O) groups excluding carboxylic acids is 2. The molecule has 2 heterocycles. The first kappa shape index (κ1) is 23.5. The Morgan fingerprint density at radius 1 is 1.19 bits per heavy atom. The molecule has 0 bridgehead atoms. The van der Waals surface area contributed by atoms with Crippen LogP contribution in [0.5, 0.6) is 17.2 Å². The minimum atomic E-state index is -0.685. The second kappa shape index (κ2) is 8.58. The number of nitrogens with one attached hydrogen (secondary N) is 1. The molecule has 37 heavy (non-hydrogen) atoms. The van der Waals surface area contributed by atoms with E-state index < -0.39 is 17.8 Å². The summed E-state index contributed by atoms with van der Waals surface area (Å²) in [7, 11) is 1.73. The first-order valence-corrected chi connectivity index (χ1v) is 12.3. The molecule has 1 spiro atoms. The van der Waals surface area contributed by atoms with Crippen molar-refractivity contribution in [3.8, 4) is 17.2 Å². The summed E-state index contributed by atoms with van der Waals surface area (Å²) in [6.45, 7) is 2.19. The third-order valence-corrected chi connectivity index (χ3v) is 7.51. The second-order valence-corrected chi connectivity index (χ2v) is 10.2. The predicted octanol–water partition coefficient (Wildman–Crippen LogP) is 3.60. The highest BCUT2D eigenvalue weighted by Crippen LogP contribution is 2.76. The van der Waals surface area contributed by atoms with Gasteiger partial charge in [-0.1, -0.05) is 0 Å². The van der Waals surface area contributed by atoms with Crippen LogP contribution in [-0.2, 0) is 7.05 Å². The average molecular weight is 507 g/mol. The Labute approximate surface area is 212 Å².